The van der Waals surface area contributed by atoms with Gasteiger partial charge in [-0.2, -0.15) is 4.98 Å². The zero-order valence-corrected chi connectivity index (χ0v) is 13.5. The Balaban J connectivity index is 1.36. The van der Waals surface area contributed by atoms with Crippen molar-refractivity contribution in [2.75, 3.05) is 17.4 Å². The van der Waals surface area contributed by atoms with E-state index in [1.165, 1.54) is 0 Å². The Morgan fingerprint density at radius 3 is 2.76 bits per heavy atom. The summed E-state index contributed by atoms with van der Waals surface area (Å²) in [6, 6.07) is 11.6. The summed E-state index contributed by atoms with van der Waals surface area (Å²) in [7, 11) is 0. The second-order valence-electron chi connectivity index (χ2n) is 5.52. The molecule has 0 radical (unpaired) electrons. The Bertz CT molecular complexity index is 857. The molecule has 0 saturated heterocycles. The minimum absolute atomic E-state index is 0.282. The van der Waals surface area contributed by atoms with Crippen LogP contribution in [0.5, 0.6) is 11.5 Å². The minimum atomic E-state index is 0.282. The molecule has 0 saturated carbocycles. The number of fused-ring (bicyclic) bond motifs is 1. The molecule has 7 heteroatoms. The maximum atomic E-state index is 5.39. The van der Waals surface area contributed by atoms with E-state index in [4.69, 9.17) is 9.47 Å². The van der Waals surface area contributed by atoms with Crippen LogP contribution in [0.3, 0.4) is 0 Å². The minimum Gasteiger partial charge on any atom is -0.454 e. The summed E-state index contributed by atoms with van der Waals surface area (Å²) in [6.07, 6.45) is 5.29. The number of nitrogens with one attached hydrogen (secondary N) is 2. The molecule has 4 rings (SSSR count). The van der Waals surface area contributed by atoms with E-state index in [0.717, 1.165) is 28.4 Å². The van der Waals surface area contributed by atoms with E-state index in [-0.39, 0.29) is 6.79 Å². The van der Waals surface area contributed by atoms with Crippen molar-refractivity contribution in [1.29, 1.82) is 0 Å². The number of hydrogen-bond donors (Lipinski definition) is 2. The van der Waals surface area contributed by atoms with Gasteiger partial charge in [-0.15, -0.1) is 0 Å². The van der Waals surface area contributed by atoms with E-state index in [1.807, 2.05) is 42.6 Å². The van der Waals surface area contributed by atoms with Crippen LogP contribution in [0.1, 0.15) is 11.1 Å². The van der Waals surface area contributed by atoms with Crippen LogP contribution in [0.15, 0.2) is 55.0 Å². The van der Waals surface area contributed by atoms with E-state index in [2.05, 4.69) is 25.6 Å². The van der Waals surface area contributed by atoms with Crippen LogP contribution in [-0.4, -0.2) is 21.7 Å². The van der Waals surface area contributed by atoms with Crippen molar-refractivity contribution in [3.05, 3.63) is 66.1 Å². The van der Waals surface area contributed by atoms with Gasteiger partial charge in [-0.25, -0.2) is 4.98 Å². The smallest absolute Gasteiger partial charge is 0.231 e. The molecule has 3 aromatic rings. The number of benzene rings is 1. The molecule has 0 unspecified atom stereocenters. The summed E-state index contributed by atoms with van der Waals surface area (Å²) in [5.74, 6) is 2.88. The van der Waals surface area contributed by atoms with Crippen molar-refractivity contribution in [3.8, 4) is 11.5 Å². The SMILES string of the molecule is c1cncc(CNc2nccc(NCc3ccc4c(c3)OCO4)n2)c1. The highest BCUT2D eigenvalue weighted by Gasteiger charge is 2.13. The third kappa shape index (κ3) is 3.77. The van der Waals surface area contributed by atoms with Gasteiger partial charge in [-0.1, -0.05) is 12.1 Å². The summed E-state index contributed by atoms with van der Waals surface area (Å²) >= 11 is 0. The van der Waals surface area contributed by atoms with Gasteiger partial charge in [0.05, 0.1) is 0 Å². The Labute approximate surface area is 145 Å². The number of aromatic nitrogens is 3. The average molecular weight is 335 g/mol. The van der Waals surface area contributed by atoms with Crippen LogP contribution in [0.2, 0.25) is 0 Å². The zero-order valence-electron chi connectivity index (χ0n) is 13.5. The lowest BCUT2D eigenvalue weighted by Crippen LogP contribution is -2.07. The third-order valence-corrected chi connectivity index (χ3v) is 3.74. The molecule has 2 N–H and O–H groups in total. The topological polar surface area (TPSA) is 81.2 Å². The van der Waals surface area contributed by atoms with Crippen molar-refractivity contribution in [2.45, 2.75) is 13.1 Å². The molecule has 1 aliphatic rings. The molecular weight excluding hydrogens is 318 g/mol. The first-order chi connectivity index (χ1) is 12.4. The van der Waals surface area contributed by atoms with Gasteiger partial charge in [-0.3, -0.25) is 4.98 Å². The van der Waals surface area contributed by atoms with Gasteiger partial charge in [-0.05, 0) is 35.4 Å². The molecule has 25 heavy (non-hydrogen) atoms. The summed E-state index contributed by atoms with van der Waals surface area (Å²) in [4.78, 5) is 12.8. The molecule has 1 aromatic carbocycles. The summed E-state index contributed by atoms with van der Waals surface area (Å²) in [5.41, 5.74) is 2.16. The van der Waals surface area contributed by atoms with Crippen LogP contribution in [-0.2, 0) is 13.1 Å². The zero-order chi connectivity index (χ0) is 16.9. The fraction of sp³-hybridized carbons (Fsp3) is 0.167. The second-order valence-corrected chi connectivity index (χ2v) is 5.52. The Morgan fingerprint density at radius 1 is 0.920 bits per heavy atom. The number of nitrogens with zero attached hydrogens (tertiary/aromatic N) is 3. The van der Waals surface area contributed by atoms with Crippen molar-refractivity contribution < 1.29 is 9.47 Å². The largest absolute Gasteiger partial charge is 0.454 e. The molecule has 0 fully saturated rings. The Kier molecular flexibility index (Phi) is 4.28. The van der Waals surface area contributed by atoms with E-state index >= 15 is 0 Å². The van der Waals surface area contributed by atoms with Gasteiger partial charge in [0.2, 0.25) is 12.7 Å². The average Bonchev–Trinajstić information content (AvgIpc) is 3.14. The van der Waals surface area contributed by atoms with Gasteiger partial charge in [0.15, 0.2) is 11.5 Å². The molecule has 0 atom stereocenters. The lowest BCUT2D eigenvalue weighted by molar-refractivity contribution is 0.174. The summed E-state index contributed by atoms with van der Waals surface area (Å²) in [5, 5.41) is 6.49. The van der Waals surface area contributed by atoms with Crippen LogP contribution < -0.4 is 20.1 Å². The Hall–Kier alpha value is -3.35. The van der Waals surface area contributed by atoms with Crippen molar-refractivity contribution >= 4 is 11.8 Å². The van der Waals surface area contributed by atoms with Crippen molar-refractivity contribution in [2.24, 2.45) is 0 Å². The second kappa shape index (κ2) is 7.04. The maximum Gasteiger partial charge on any atom is 0.231 e. The van der Waals surface area contributed by atoms with E-state index in [9.17, 15) is 0 Å². The first-order valence-corrected chi connectivity index (χ1v) is 7.95. The Morgan fingerprint density at radius 2 is 1.84 bits per heavy atom. The van der Waals surface area contributed by atoms with Crippen LogP contribution in [0.25, 0.3) is 0 Å². The van der Waals surface area contributed by atoms with Gasteiger partial charge in [0.25, 0.3) is 0 Å². The molecule has 3 heterocycles. The van der Waals surface area contributed by atoms with Gasteiger partial charge < -0.3 is 20.1 Å². The molecule has 126 valence electrons. The molecule has 0 spiro atoms. The van der Waals surface area contributed by atoms with Gasteiger partial charge in [0.1, 0.15) is 5.82 Å². The van der Waals surface area contributed by atoms with Crippen LogP contribution >= 0.6 is 0 Å². The van der Waals surface area contributed by atoms with Crippen molar-refractivity contribution in [1.82, 2.24) is 15.0 Å². The first kappa shape index (κ1) is 15.2. The number of anilines is 2. The highest BCUT2D eigenvalue weighted by molar-refractivity contribution is 5.46. The van der Waals surface area contributed by atoms with Gasteiger partial charge >= 0.3 is 0 Å². The highest BCUT2D eigenvalue weighted by atomic mass is 16.7. The predicted molar refractivity (Wildman–Crippen MR) is 93.5 cm³/mol. The molecule has 7 nitrogen and oxygen atoms in total. The fourth-order valence-corrected chi connectivity index (χ4v) is 2.47. The molecular formula is C18H17N5O2. The lowest BCUT2D eigenvalue weighted by Gasteiger charge is -2.09. The molecule has 0 bridgehead atoms. The normalized spacial score (nSPS) is 12.0. The number of hydrogen-bond acceptors (Lipinski definition) is 7. The monoisotopic (exact) mass is 335 g/mol. The van der Waals surface area contributed by atoms with Crippen LogP contribution in [0, 0.1) is 0 Å². The molecule has 1 aliphatic heterocycles. The number of pyridine rings is 1. The number of ether oxygens (including phenoxy) is 2. The predicted octanol–water partition coefficient (Wildman–Crippen LogP) is 2.82. The quantitative estimate of drug-likeness (QED) is 0.717. The maximum absolute atomic E-state index is 5.39. The van der Waals surface area contributed by atoms with E-state index in [0.29, 0.717) is 19.0 Å². The summed E-state index contributed by atoms with van der Waals surface area (Å²) in [6.45, 7) is 1.54. The highest BCUT2D eigenvalue weighted by Crippen LogP contribution is 2.32. The van der Waals surface area contributed by atoms with Crippen LogP contribution in [0.4, 0.5) is 11.8 Å². The third-order valence-electron chi connectivity index (χ3n) is 3.74. The van der Waals surface area contributed by atoms with Gasteiger partial charge in [0, 0.05) is 31.7 Å². The standard InChI is InChI=1S/C18H17N5O2/c1-2-14(9-19-6-1)11-22-18-20-7-5-17(23-18)21-10-13-3-4-15-16(8-13)25-12-24-15/h1-9H,10-12H2,(H2,20,21,22,23). The molecule has 0 amide bonds. The first-order valence-electron chi connectivity index (χ1n) is 7.95. The van der Waals surface area contributed by atoms with E-state index in [1.54, 1.807) is 12.4 Å². The van der Waals surface area contributed by atoms with E-state index < -0.39 is 0 Å². The molecule has 0 aliphatic carbocycles. The molecule has 2 aromatic heterocycles. The van der Waals surface area contributed by atoms with Crippen molar-refractivity contribution in [3.63, 3.8) is 0 Å². The number of rotatable bonds is 6. The fourth-order valence-electron chi connectivity index (χ4n) is 2.47. The summed E-state index contributed by atoms with van der Waals surface area (Å²) < 4.78 is 10.7. The lowest BCUT2D eigenvalue weighted by atomic mass is 10.2.